The van der Waals surface area contributed by atoms with Gasteiger partial charge in [0.1, 0.15) is 0 Å². The first-order chi connectivity index (χ1) is 15.8. The summed E-state index contributed by atoms with van der Waals surface area (Å²) in [6.07, 6.45) is 7.25. The van der Waals surface area contributed by atoms with Gasteiger partial charge in [-0.15, -0.1) is 10.2 Å². The van der Waals surface area contributed by atoms with Crippen LogP contribution in [0.2, 0.25) is 0 Å². The van der Waals surface area contributed by atoms with E-state index in [2.05, 4.69) is 46.8 Å². The number of hydrogen-bond acceptors (Lipinski definition) is 6. The van der Waals surface area contributed by atoms with Crippen LogP contribution < -0.4 is 4.72 Å². The molecule has 0 bridgehead atoms. The number of hydrogen-bond donors (Lipinski definition) is 1. The molecule has 8 heteroatoms. The SMILES string of the molecule is CC1=CC(CNS(=O)(=O)c2ccccc2)C(C(C)C)CC1Cc1nnc(-c2ccncc2)o1. The molecule has 1 aliphatic carbocycles. The molecule has 0 amide bonds. The predicted molar refractivity (Wildman–Crippen MR) is 127 cm³/mol. The van der Waals surface area contributed by atoms with Crippen LogP contribution in [0.1, 0.15) is 33.1 Å². The van der Waals surface area contributed by atoms with Crippen molar-refractivity contribution in [2.45, 2.75) is 38.5 Å². The normalized spacial score (nSPS) is 21.2. The molecule has 3 atom stereocenters. The average molecular weight is 467 g/mol. The molecule has 0 aliphatic heterocycles. The molecule has 7 nitrogen and oxygen atoms in total. The van der Waals surface area contributed by atoms with Gasteiger partial charge in [0, 0.05) is 30.9 Å². The average Bonchev–Trinajstić information content (AvgIpc) is 3.29. The number of sulfonamides is 1. The Morgan fingerprint density at radius 2 is 1.82 bits per heavy atom. The Morgan fingerprint density at radius 3 is 2.52 bits per heavy atom. The Morgan fingerprint density at radius 1 is 1.09 bits per heavy atom. The summed E-state index contributed by atoms with van der Waals surface area (Å²) < 4.78 is 34.1. The molecule has 1 aliphatic rings. The van der Waals surface area contributed by atoms with Crippen LogP contribution in [0, 0.1) is 23.7 Å². The van der Waals surface area contributed by atoms with Gasteiger partial charge in [-0.3, -0.25) is 4.98 Å². The second-order valence-corrected chi connectivity index (χ2v) is 10.8. The lowest BCUT2D eigenvalue weighted by molar-refractivity contribution is 0.223. The lowest BCUT2D eigenvalue weighted by atomic mass is 9.70. The molecule has 3 aromatic rings. The van der Waals surface area contributed by atoms with Crippen molar-refractivity contribution in [3.05, 3.63) is 72.4 Å². The van der Waals surface area contributed by atoms with Gasteiger partial charge in [-0.05, 0) is 61.3 Å². The molecule has 0 fully saturated rings. The van der Waals surface area contributed by atoms with Crippen molar-refractivity contribution in [1.82, 2.24) is 19.9 Å². The topological polar surface area (TPSA) is 98.0 Å². The van der Waals surface area contributed by atoms with Crippen molar-refractivity contribution >= 4 is 10.0 Å². The van der Waals surface area contributed by atoms with Crippen LogP contribution in [0.5, 0.6) is 0 Å². The fraction of sp³-hybridized carbons (Fsp3) is 0.400. The molecule has 1 aromatic carbocycles. The third kappa shape index (κ3) is 5.57. The minimum atomic E-state index is -3.53. The number of pyridine rings is 1. The lowest BCUT2D eigenvalue weighted by Gasteiger charge is -2.37. The number of allylic oxidation sites excluding steroid dienone is 1. The fourth-order valence-corrected chi connectivity index (χ4v) is 5.65. The zero-order valence-electron chi connectivity index (χ0n) is 19.2. The number of benzene rings is 1. The zero-order chi connectivity index (χ0) is 23.4. The molecule has 2 heterocycles. The third-order valence-corrected chi connectivity index (χ3v) is 7.90. The summed E-state index contributed by atoms with van der Waals surface area (Å²) in [4.78, 5) is 4.31. The molecule has 0 saturated carbocycles. The van der Waals surface area contributed by atoms with E-state index in [0.29, 0.717) is 41.5 Å². The monoisotopic (exact) mass is 466 g/mol. The van der Waals surface area contributed by atoms with Gasteiger partial charge in [0.25, 0.3) is 0 Å². The van der Waals surface area contributed by atoms with Gasteiger partial charge >= 0.3 is 0 Å². The van der Waals surface area contributed by atoms with Gasteiger partial charge in [0.2, 0.25) is 21.8 Å². The van der Waals surface area contributed by atoms with Crippen LogP contribution in [0.25, 0.3) is 11.5 Å². The fourth-order valence-electron chi connectivity index (χ4n) is 4.55. The minimum Gasteiger partial charge on any atom is -0.421 e. The largest absolute Gasteiger partial charge is 0.421 e. The van der Waals surface area contributed by atoms with Crippen LogP contribution in [-0.2, 0) is 16.4 Å². The second-order valence-electron chi connectivity index (χ2n) is 9.02. The Balaban J connectivity index is 1.46. The first kappa shape index (κ1) is 23.3. The van der Waals surface area contributed by atoms with Gasteiger partial charge in [0.15, 0.2) is 0 Å². The Labute approximate surface area is 195 Å². The quantitative estimate of drug-likeness (QED) is 0.491. The van der Waals surface area contributed by atoms with E-state index < -0.39 is 10.0 Å². The summed E-state index contributed by atoms with van der Waals surface area (Å²) in [5, 5.41) is 8.45. The molecule has 0 spiro atoms. The Hall–Kier alpha value is -2.84. The van der Waals surface area contributed by atoms with E-state index in [9.17, 15) is 8.42 Å². The van der Waals surface area contributed by atoms with E-state index in [0.717, 1.165) is 12.0 Å². The Kier molecular flexibility index (Phi) is 7.05. The number of nitrogens with zero attached hydrogens (tertiary/aromatic N) is 3. The van der Waals surface area contributed by atoms with Crippen molar-refractivity contribution in [1.29, 1.82) is 0 Å². The maximum absolute atomic E-state index is 12.7. The van der Waals surface area contributed by atoms with Crippen molar-refractivity contribution < 1.29 is 12.8 Å². The predicted octanol–water partition coefficient (Wildman–Crippen LogP) is 4.51. The van der Waals surface area contributed by atoms with Crippen LogP contribution in [0.15, 0.2) is 75.8 Å². The molecular weight excluding hydrogens is 436 g/mol. The summed E-state index contributed by atoms with van der Waals surface area (Å²) in [6, 6.07) is 12.2. The van der Waals surface area contributed by atoms with E-state index >= 15 is 0 Å². The van der Waals surface area contributed by atoms with Crippen LogP contribution >= 0.6 is 0 Å². The van der Waals surface area contributed by atoms with Gasteiger partial charge in [-0.1, -0.05) is 43.7 Å². The molecule has 33 heavy (non-hydrogen) atoms. The molecule has 3 unspecified atom stereocenters. The second kappa shape index (κ2) is 9.97. The first-order valence-corrected chi connectivity index (χ1v) is 12.8. The standard InChI is InChI=1S/C25H30N4O3S/c1-17(2)23-14-20(15-24-28-29-25(32-24)19-9-11-26-12-10-19)18(3)13-21(23)16-27-33(30,31)22-7-5-4-6-8-22/h4-13,17,20-21,23,27H,14-16H2,1-3H3. The molecule has 1 N–H and O–H groups in total. The molecule has 2 aromatic heterocycles. The summed E-state index contributed by atoms with van der Waals surface area (Å²) in [7, 11) is -3.53. The number of aromatic nitrogens is 3. The third-order valence-electron chi connectivity index (χ3n) is 6.46. The highest BCUT2D eigenvalue weighted by molar-refractivity contribution is 7.89. The lowest BCUT2D eigenvalue weighted by Crippen LogP contribution is -2.37. The van der Waals surface area contributed by atoms with Gasteiger partial charge < -0.3 is 4.42 Å². The number of nitrogens with one attached hydrogen (secondary N) is 1. The highest BCUT2D eigenvalue weighted by atomic mass is 32.2. The Bertz CT molecular complexity index is 1190. The highest BCUT2D eigenvalue weighted by Crippen LogP contribution is 2.39. The van der Waals surface area contributed by atoms with Crippen LogP contribution in [0.3, 0.4) is 0 Å². The molecule has 0 radical (unpaired) electrons. The summed E-state index contributed by atoms with van der Waals surface area (Å²) in [6.45, 7) is 6.89. The summed E-state index contributed by atoms with van der Waals surface area (Å²) in [5.74, 6) is 2.29. The summed E-state index contributed by atoms with van der Waals surface area (Å²) in [5.41, 5.74) is 2.09. The zero-order valence-corrected chi connectivity index (χ0v) is 20.0. The first-order valence-electron chi connectivity index (χ1n) is 11.3. The van der Waals surface area contributed by atoms with E-state index in [1.807, 2.05) is 18.2 Å². The highest BCUT2D eigenvalue weighted by Gasteiger charge is 2.33. The van der Waals surface area contributed by atoms with Crippen molar-refractivity contribution in [3.8, 4) is 11.5 Å². The maximum Gasteiger partial charge on any atom is 0.247 e. The van der Waals surface area contributed by atoms with Gasteiger partial charge in [-0.25, -0.2) is 13.1 Å². The van der Waals surface area contributed by atoms with Gasteiger partial charge in [-0.2, -0.15) is 0 Å². The molecule has 174 valence electrons. The molecular formula is C25H30N4O3S. The summed E-state index contributed by atoms with van der Waals surface area (Å²) >= 11 is 0. The van der Waals surface area contributed by atoms with E-state index in [-0.39, 0.29) is 11.8 Å². The van der Waals surface area contributed by atoms with Crippen molar-refractivity contribution in [2.24, 2.45) is 23.7 Å². The van der Waals surface area contributed by atoms with Crippen molar-refractivity contribution in [2.75, 3.05) is 6.54 Å². The minimum absolute atomic E-state index is 0.134. The molecule has 0 saturated heterocycles. The van der Waals surface area contributed by atoms with Gasteiger partial charge in [0.05, 0.1) is 4.90 Å². The van der Waals surface area contributed by atoms with Crippen LogP contribution in [0.4, 0.5) is 0 Å². The van der Waals surface area contributed by atoms with E-state index in [1.165, 1.54) is 5.57 Å². The van der Waals surface area contributed by atoms with Crippen LogP contribution in [-0.4, -0.2) is 30.1 Å². The van der Waals surface area contributed by atoms with E-state index in [4.69, 9.17) is 4.42 Å². The van der Waals surface area contributed by atoms with Crippen molar-refractivity contribution in [3.63, 3.8) is 0 Å². The smallest absolute Gasteiger partial charge is 0.247 e. The molecule has 4 rings (SSSR count). The van der Waals surface area contributed by atoms with E-state index in [1.54, 1.807) is 36.7 Å². The number of rotatable bonds is 8. The maximum atomic E-state index is 12.7.